The monoisotopic (exact) mass is 200 g/mol. The van der Waals surface area contributed by atoms with E-state index in [0.717, 1.165) is 12.0 Å². The normalized spacial score (nSPS) is 21.6. The third-order valence-corrected chi connectivity index (χ3v) is 2.60. The lowest BCUT2D eigenvalue weighted by Crippen LogP contribution is -2.17. The lowest BCUT2D eigenvalue weighted by Gasteiger charge is -2.12. The third kappa shape index (κ3) is 2.69. The molecule has 0 aromatic heterocycles. The highest BCUT2D eigenvalue weighted by Crippen LogP contribution is 2.14. The van der Waals surface area contributed by atoms with Gasteiger partial charge in [-0.3, -0.25) is 4.99 Å². The molecule has 0 aliphatic heterocycles. The lowest BCUT2D eigenvalue weighted by molar-refractivity contribution is 0.647. The van der Waals surface area contributed by atoms with Gasteiger partial charge in [0.05, 0.1) is 6.04 Å². The number of amidine groups is 1. The van der Waals surface area contributed by atoms with Crippen molar-refractivity contribution < 1.29 is 0 Å². The molecular formula is C13H16N2. The molecule has 0 spiro atoms. The summed E-state index contributed by atoms with van der Waals surface area (Å²) < 4.78 is 0. The van der Waals surface area contributed by atoms with E-state index < -0.39 is 0 Å². The van der Waals surface area contributed by atoms with Gasteiger partial charge in [-0.2, -0.15) is 0 Å². The Kier molecular flexibility index (Phi) is 3.18. The third-order valence-electron chi connectivity index (χ3n) is 2.60. The Hall–Kier alpha value is -1.57. The first-order valence-corrected chi connectivity index (χ1v) is 5.41. The van der Waals surface area contributed by atoms with Crippen LogP contribution in [0.1, 0.15) is 24.8 Å². The molecule has 2 rings (SSSR count). The van der Waals surface area contributed by atoms with Crippen LogP contribution in [0.2, 0.25) is 0 Å². The smallest absolute Gasteiger partial charge is 0.126 e. The van der Waals surface area contributed by atoms with Crippen molar-refractivity contribution >= 4 is 5.84 Å². The molecule has 0 fully saturated rings. The van der Waals surface area contributed by atoms with Gasteiger partial charge in [0, 0.05) is 5.56 Å². The predicted molar refractivity (Wildman–Crippen MR) is 63.9 cm³/mol. The van der Waals surface area contributed by atoms with Crippen molar-refractivity contribution in [2.24, 2.45) is 10.7 Å². The molecular weight excluding hydrogens is 184 g/mol. The number of nitrogens with two attached hydrogens (primary N) is 1. The predicted octanol–water partition coefficient (Wildman–Crippen LogP) is 2.50. The van der Waals surface area contributed by atoms with Gasteiger partial charge in [0.15, 0.2) is 0 Å². The van der Waals surface area contributed by atoms with Gasteiger partial charge in [0.25, 0.3) is 0 Å². The molecule has 0 radical (unpaired) electrons. The van der Waals surface area contributed by atoms with Gasteiger partial charge in [0.2, 0.25) is 0 Å². The Labute approximate surface area is 90.5 Å². The maximum atomic E-state index is 5.94. The van der Waals surface area contributed by atoms with E-state index in [2.05, 4.69) is 17.1 Å². The number of hydrogen-bond donors (Lipinski definition) is 1. The summed E-state index contributed by atoms with van der Waals surface area (Å²) in [4.78, 5) is 4.51. The molecule has 0 unspecified atom stereocenters. The molecule has 1 aromatic carbocycles. The molecule has 1 aliphatic carbocycles. The summed E-state index contributed by atoms with van der Waals surface area (Å²) >= 11 is 0. The number of allylic oxidation sites excluding steroid dienone is 1. The van der Waals surface area contributed by atoms with Gasteiger partial charge in [-0.05, 0) is 19.3 Å². The molecule has 0 amide bonds. The summed E-state index contributed by atoms with van der Waals surface area (Å²) in [7, 11) is 0. The van der Waals surface area contributed by atoms with Crippen LogP contribution in [0.15, 0.2) is 47.5 Å². The van der Waals surface area contributed by atoms with Gasteiger partial charge < -0.3 is 5.73 Å². The van der Waals surface area contributed by atoms with E-state index >= 15 is 0 Å². The topological polar surface area (TPSA) is 38.4 Å². The molecule has 0 saturated heterocycles. The van der Waals surface area contributed by atoms with Crippen LogP contribution < -0.4 is 5.73 Å². The van der Waals surface area contributed by atoms with Crippen molar-refractivity contribution in [1.29, 1.82) is 0 Å². The first-order valence-electron chi connectivity index (χ1n) is 5.41. The Morgan fingerprint density at radius 3 is 2.73 bits per heavy atom. The van der Waals surface area contributed by atoms with Crippen LogP contribution in [-0.2, 0) is 0 Å². The molecule has 2 N–H and O–H groups in total. The van der Waals surface area contributed by atoms with E-state index in [1.165, 1.54) is 12.8 Å². The molecule has 1 aliphatic rings. The van der Waals surface area contributed by atoms with Crippen molar-refractivity contribution in [2.45, 2.75) is 25.3 Å². The molecule has 2 nitrogen and oxygen atoms in total. The van der Waals surface area contributed by atoms with Crippen LogP contribution in [0.3, 0.4) is 0 Å². The highest BCUT2D eigenvalue weighted by Gasteiger charge is 2.07. The fourth-order valence-electron chi connectivity index (χ4n) is 1.76. The molecule has 1 aromatic rings. The molecule has 78 valence electrons. The van der Waals surface area contributed by atoms with Gasteiger partial charge >= 0.3 is 0 Å². The van der Waals surface area contributed by atoms with Gasteiger partial charge in [0.1, 0.15) is 5.84 Å². The average molecular weight is 200 g/mol. The highest BCUT2D eigenvalue weighted by molar-refractivity contribution is 5.97. The fourth-order valence-corrected chi connectivity index (χ4v) is 1.76. The number of benzene rings is 1. The first-order chi connectivity index (χ1) is 7.36. The molecule has 0 heterocycles. The largest absolute Gasteiger partial charge is 0.383 e. The zero-order valence-corrected chi connectivity index (χ0v) is 8.76. The van der Waals surface area contributed by atoms with E-state index in [0.29, 0.717) is 5.84 Å². The standard InChI is InChI=1S/C13H16N2/c14-13(11-7-3-1-4-8-11)15-12-9-5-2-6-10-12/h1,3-5,7-9,12H,2,6,10H2,(H2,14,15)/t12-/m1/s1. The minimum atomic E-state index is 0.277. The Balaban J connectivity index is 2.13. The van der Waals surface area contributed by atoms with Gasteiger partial charge in [-0.1, -0.05) is 42.5 Å². The molecule has 2 heteroatoms. The van der Waals surface area contributed by atoms with Crippen LogP contribution in [0.5, 0.6) is 0 Å². The number of aliphatic imine (C=N–C) groups is 1. The van der Waals surface area contributed by atoms with Gasteiger partial charge in [-0.25, -0.2) is 0 Å². The van der Waals surface area contributed by atoms with Crippen molar-refractivity contribution in [3.05, 3.63) is 48.0 Å². The SMILES string of the molecule is NC(=N[C@@H]1C=CCCC1)c1ccccc1. The lowest BCUT2D eigenvalue weighted by atomic mass is 10.0. The van der Waals surface area contributed by atoms with Crippen LogP contribution in [0, 0.1) is 0 Å². The molecule has 15 heavy (non-hydrogen) atoms. The number of rotatable bonds is 2. The van der Waals surface area contributed by atoms with Crippen LogP contribution >= 0.6 is 0 Å². The van der Waals surface area contributed by atoms with Gasteiger partial charge in [-0.15, -0.1) is 0 Å². The number of hydrogen-bond acceptors (Lipinski definition) is 1. The average Bonchev–Trinajstić information content (AvgIpc) is 2.31. The second-order valence-electron chi connectivity index (χ2n) is 3.81. The second-order valence-corrected chi connectivity index (χ2v) is 3.81. The van der Waals surface area contributed by atoms with E-state index in [1.807, 2.05) is 30.3 Å². The van der Waals surface area contributed by atoms with Crippen LogP contribution in [0.25, 0.3) is 0 Å². The Morgan fingerprint density at radius 2 is 2.07 bits per heavy atom. The minimum Gasteiger partial charge on any atom is -0.383 e. The maximum Gasteiger partial charge on any atom is 0.126 e. The summed E-state index contributed by atoms with van der Waals surface area (Å²) in [6.45, 7) is 0. The highest BCUT2D eigenvalue weighted by atomic mass is 14.9. The number of nitrogens with zero attached hydrogens (tertiary/aromatic N) is 1. The van der Waals surface area contributed by atoms with Crippen LogP contribution in [0.4, 0.5) is 0 Å². The van der Waals surface area contributed by atoms with E-state index in [-0.39, 0.29) is 6.04 Å². The van der Waals surface area contributed by atoms with Crippen molar-refractivity contribution in [1.82, 2.24) is 0 Å². The summed E-state index contributed by atoms with van der Waals surface area (Å²) in [5.74, 6) is 0.646. The molecule has 1 atom stereocenters. The summed E-state index contributed by atoms with van der Waals surface area (Å²) in [5, 5.41) is 0. The fraction of sp³-hybridized carbons (Fsp3) is 0.308. The van der Waals surface area contributed by atoms with Crippen LogP contribution in [-0.4, -0.2) is 11.9 Å². The van der Waals surface area contributed by atoms with Crippen molar-refractivity contribution in [2.75, 3.05) is 0 Å². The summed E-state index contributed by atoms with van der Waals surface area (Å²) in [6, 6.07) is 10.2. The van der Waals surface area contributed by atoms with E-state index in [1.54, 1.807) is 0 Å². The first kappa shape index (κ1) is 9.97. The zero-order valence-electron chi connectivity index (χ0n) is 8.76. The Bertz CT molecular complexity index is 365. The Morgan fingerprint density at radius 1 is 1.27 bits per heavy atom. The van der Waals surface area contributed by atoms with E-state index in [9.17, 15) is 0 Å². The quantitative estimate of drug-likeness (QED) is 0.444. The summed E-state index contributed by atoms with van der Waals surface area (Å²) in [6.07, 6.45) is 7.85. The maximum absolute atomic E-state index is 5.94. The second kappa shape index (κ2) is 4.78. The summed E-state index contributed by atoms with van der Waals surface area (Å²) in [5.41, 5.74) is 6.95. The van der Waals surface area contributed by atoms with Crippen molar-refractivity contribution in [3.63, 3.8) is 0 Å². The zero-order chi connectivity index (χ0) is 10.5. The van der Waals surface area contributed by atoms with Crippen molar-refractivity contribution in [3.8, 4) is 0 Å². The molecule has 0 saturated carbocycles. The minimum absolute atomic E-state index is 0.277. The molecule has 0 bridgehead atoms. The van der Waals surface area contributed by atoms with E-state index in [4.69, 9.17) is 5.73 Å².